The van der Waals surface area contributed by atoms with Crippen LogP contribution >= 0.6 is 11.3 Å². The molecule has 2 fully saturated rings. The lowest BCUT2D eigenvalue weighted by atomic mass is 9.95. The predicted octanol–water partition coefficient (Wildman–Crippen LogP) is 2.95. The molecule has 1 aromatic carbocycles. The third kappa shape index (κ3) is 4.06. The number of thiazole rings is 1. The minimum absolute atomic E-state index is 0.0517. The molecule has 6 nitrogen and oxygen atoms in total. The SMILES string of the molecule is O=C(c1cccc(OCc2cscn2)c1)N1CCC(C2OCCO2)CC1. The quantitative estimate of drug-likeness (QED) is 0.805. The Kier molecular flexibility index (Phi) is 5.48. The molecule has 7 heteroatoms. The lowest BCUT2D eigenvalue weighted by molar-refractivity contribution is -0.0956. The molecular weight excluding hydrogens is 352 g/mol. The van der Waals surface area contributed by atoms with Crippen molar-refractivity contribution in [2.75, 3.05) is 26.3 Å². The largest absolute Gasteiger partial charge is 0.487 e. The predicted molar refractivity (Wildman–Crippen MR) is 97.2 cm³/mol. The molecule has 2 aromatic rings. The van der Waals surface area contributed by atoms with Crippen LogP contribution < -0.4 is 4.74 Å². The van der Waals surface area contributed by atoms with Crippen molar-refractivity contribution in [2.45, 2.75) is 25.7 Å². The summed E-state index contributed by atoms with van der Waals surface area (Å²) in [6.07, 6.45) is 1.74. The van der Waals surface area contributed by atoms with Gasteiger partial charge in [-0.15, -0.1) is 11.3 Å². The highest BCUT2D eigenvalue weighted by molar-refractivity contribution is 7.07. The third-order valence-electron chi connectivity index (χ3n) is 4.81. The van der Waals surface area contributed by atoms with E-state index in [4.69, 9.17) is 14.2 Å². The van der Waals surface area contributed by atoms with Crippen molar-refractivity contribution in [1.29, 1.82) is 0 Å². The first kappa shape index (κ1) is 17.5. The van der Waals surface area contributed by atoms with E-state index in [2.05, 4.69) is 4.98 Å². The molecule has 0 N–H and O–H groups in total. The first-order valence-electron chi connectivity index (χ1n) is 8.92. The van der Waals surface area contributed by atoms with Crippen LogP contribution in [0.5, 0.6) is 5.75 Å². The molecule has 0 saturated carbocycles. The maximum atomic E-state index is 12.8. The number of hydrogen-bond donors (Lipinski definition) is 0. The number of amides is 1. The maximum absolute atomic E-state index is 12.8. The van der Waals surface area contributed by atoms with E-state index in [1.807, 2.05) is 34.5 Å². The minimum Gasteiger partial charge on any atom is -0.487 e. The highest BCUT2D eigenvalue weighted by Crippen LogP contribution is 2.27. The molecule has 1 aromatic heterocycles. The van der Waals surface area contributed by atoms with E-state index in [0.29, 0.717) is 37.1 Å². The third-order valence-corrected chi connectivity index (χ3v) is 5.45. The molecule has 0 atom stereocenters. The van der Waals surface area contributed by atoms with Crippen LogP contribution in [0.4, 0.5) is 0 Å². The van der Waals surface area contributed by atoms with Crippen molar-refractivity contribution in [3.8, 4) is 5.75 Å². The van der Waals surface area contributed by atoms with E-state index in [1.165, 1.54) is 0 Å². The molecule has 1 amide bonds. The van der Waals surface area contributed by atoms with Crippen molar-refractivity contribution < 1.29 is 19.0 Å². The highest BCUT2D eigenvalue weighted by Gasteiger charge is 2.32. The van der Waals surface area contributed by atoms with Gasteiger partial charge in [-0.1, -0.05) is 6.07 Å². The highest BCUT2D eigenvalue weighted by atomic mass is 32.1. The Labute approximate surface area is 156 Å². The number of hydrogen-bond acceptors (Lipinski definition) is 6. The van der Waals surface area contributed by atoms with Gasteiger partial charge < -0.3 is 19.1 Å². The number of rotatable bonds is 5. The fraction of sp³-hybridized carbons (Fsp3) is 0.474. The molecule has 4 rings (SSSR count). The average Bonchev–Trinajstić information content (AvgIpc) is 3.40. The summed E-state index contributed by atoms with van der Waals surface area (Å²) < 4.78 is 17.0. The van der Waals surface area contributed by atoms with Crippen LogP contribution in [-0.4, -0.2) is 48.4 Å². The molecule has 2 aliphatic rings. The molecular formula is C19H22N2O4S. The van der Waals surface area contributed by atoms with Crippen molar-refractivity contribution in [1.82, 2.24) is 9.88 Å². The van der Waals surface area contributed by atoms with E-state index < -0.39 is 0 Å². The van der Waals surface area contributed by atoms with E-state index in [9.17, 15) is 4.79 Å². The minimum atomic E-state index is -0.0882. The summed E-state index contributed by atoms with van der Waals surface area (Å²) in [5.74, 6) is 1.12. The lowest BCUT2D eigenvalue weighted by Crippen LogP contribution is -2.41. The zero-order valence-electron chi connectivity index (χ0n) is 14.5. The summed E-state index contributed by atoms with van der Waals surface area (Å²) in [7, 11) is 0. The zero-order chi connectivity index (χ0) is 17.8. The monoisotopic (exact) mass is 374 g/mol. The molecule has 2 aliphatic heterocycles. The summed E-state index contributed by atoms with van der Waals surface area (Å²) in [6.45, 7) is 3.23. The van der Waals surface area contributed by atoms with Gasteiger partial charge in [0.25, 0.3) is 5.91 Å². The van der Waals surface area contributed by atoms with Gasteiger partial charge in [0.2, 0.25) is 0 Å². The smallest absolute Gasteiger partial charge is 0.253 e. The number of ether oxygens (including phenoxy) is 3. The molecule has 0 unspecified atom stereocenters. The van der Waals surface area contributed by atoms with Crippen molar-refractivity contribution in [3.63, 3.8) is 0 Å². The van der Waals surface area contributed by atoms with E-state index in [0.717, 1.165) is 31.6 Å². The second-order valence-electron chi connectivity index (χ2n) is 6.54. The van der Waals surface area contributed by atoms with Crippen LogP contribution in [0.1, 0.15) is 28.9 Å². The van der Waals surface area contributed by atoms with Crippen LogP contribution in [0.25, 0.3) is 0 Å². The molecule has 0 spiro atoms. The number of benzene rings is 1. The number of carbonyl (C=O) groups is 1. The van der Waals surface area contributed by atoms with Crippen LogP contribution in [0.15, 0.2) is 35.2 Å². The number of nitrogens with zero attached hydrogens (tertiary/aromatic N) is 2. The van der Waals surface area contributed by atoms with Gasteiger partial charge in [0.1, 0.15) is 12.4 Å². The molecule has 0 aliphatic carbocycles. The number of aromatic nitrogens is 1. The Balaban J connectivity index is 1.33. The van der Waals surface area contributed by atoms with Crippen molar-refractivity contribution in [3.05, 3.63) is 46.4 Å². The fourth-order valence-corrected chi connectivity index (χ4v) is 3.93. The molecule has 2 saturated heterocycles. The standard InChI is InChI=1S/C19H22N2O4S/c22-18(21-6-4-14(5-7-21)19-23-8-9-24-19)15-2-1-3-17(10-15)25-11-16-12-26-13-20-16/h1-3,10,12-14,19H,4-9,11H2. The summed E-state index contributed by atoms with van der Waals surface area (Å²) >= 11 is 1.54. The van der Waals surface area contributed by atoms with Gasteiger partial charge in [-0.25, -0.2) is 4.98 Å². The zero-order valence-corrected chi connectivity index (χ0v) is 15.3. The number of piperidine rings is 1. The number of carbonyl (C=O) groups excluding carboxylic acids is 1. The van der Waals surface area contributed by atoms with Crippen LogP contribution in [0, 0.1) is 5.92 Å². The Hall–Kier alpha value is -1.96. The topological polar surface area (TPSA) is 60.9 Å². The summed E-state index contributed by atoms with van der Waals surface area (Å²) in [6, 6.07) is 7.37. The fourth-order valence-electron chi connectivity index (χ4n) is 3.39. The Morgan fingerprint density at radius 2 is 2.08 bits per heavy atom. The number of likely N-dealkylation sites (tertiary alicyclic amines) is 1. The van der Waals surface area contributed by atoms with E-state index >= 15 is 0 Å². The van der Waals surface area contributed by atoms with Gasteiger partial charge in [-0.05, 0) is 31.0 Å². The van der Waals surface area contributed by atoms with Crippen LogP contribution in [0.2, 0.25) is 0 Å². The summed E-state index contributed by atoms with van der Waals surface area (Å²) in [5, 5.41) is 1.96. The Bertz CT molecular complexity index is 723. The normalized spacial score (nSPS) is 19.0. The van der Waals surface area contributed by atoms with Crippen LogP contribution in [-0.2, 0) is 16.1 Å². The molecule has 138 valence electrons. The first-order chi connectivity index (χ1) is 12.8. The second kappa shape index (κ2) is 8.16. The van der Waals surface area contributed by atoms with Crippen molar-refractivity contribution >= 4 is 17.2 Å². The maximum Gasteiger partial charge on any atom is 0.253 e. The molecule has 26 heavy (non-hydrogen) atoms. The molecule has 0 bridgehead atoms. The van der Waals surface area contributed by atoms with Crippen LogP contribution in [0.3, 0.4) is 0 Å². The second-order valence-corrected chi connectivity index (χ2v) is 7.25. The first-order valence-corrected chi connectivity index (χ1v) is 9.86. The average molecular weight is 374 g/mol. The van der Waals surface area contributed by atoms with Gasteiger partial charge in [-0.3, -0.25) is 4.79 Å². The van der Waals surface area contributed by atoms with Gasteiger partial charge >= 0.3 is 0 Å². The Morgan fingerprint density at radius 3 is 2.81 bits per heavy atom. The lowest BCUT2D eigenvalue weighted by Gasteiger charge is -2.33. The van der Waals surface area contributed by atoms with Gasteiger partial charge in [-0.2, -0.15) is 0 Å². The van der Waals surface area contributed by atoms with E-state index in [-0.39, 0.29) is 12.2 Å². The molecule has 0 radical (unpaired) electrons. The van der Waals surface area contributed by atoms with Gasteiger partial charge in [0.15, 0.2) is 6.29 Å². The van der Waals surface area contributed by atoms with Gasteiger partial charge in [0, 0.05) is 30.0 Å². The Morgan fingerprint density at radius 1 is 1.27 bits per heavy atom. The summed E-state index contributed by atoms with van der Waals surface area (Å²) in [4.78, 5) is 18.9. The van der Waals surface area contributed by atoms with Crippen molar-refractivity contribution in [2.24, 2.45) is 5.92 Å². The van der Waals surface area contributed by atoms with E-state index in [1.54, 1.807) is 16.8 Å². The molecule has 3 heterocycles. The van der Waals surface area contributed by atoms with Gasteiger partial charge in [0.05, 0.1) is 24.4 Å². The summed E-state index contributed by atoms with van der Waals surface area (Å²) in [5.41, 5.74) is 3.34.